The minimum Gasteiger partial charge on any atom is -0.355 e. The van der Waals surface area contributed by atoms with Crippen LogP contribution in [0.3, 0.4) is 0 Å². The molecule has 6 heteroatoms. The first-order valence-corrected chi connectivity index (χ1v) is 10.5. The normalized spacial score (nSPS) is 17.8. The lowest BCUT2D eigenvalue weighted by atomic mass is 10.0. The Morgan fingerprint density at radius 3 is 2.65 bits per heavy atom. The SMILES string of the molecule is CC1C(=O)N(C)c2ccc(Nc3cc(-c4cccc(C#N)c4)ccn3)cc2N1C1CC1. The van der Waals surface area contributed by atoms with Crippen LogP contribution in [0.2, 0.25) is 0 Å². The molecule has 2 heterocycles. The summed E-state index contributed by atoms with van der Waals surface area (Å²) in [6.07, 6.45) is 4.02. The van der Waals surface area contributed by atoms with Gasteiger partial charge in [0.25, 0.3) is 0 Å². The first kappa shape index (κ1) is 19.1. The van der Waals surface area contributed by atoms with E-state index in [0.29, 0.717) is 11.6 Å². The number of amides is 1. The Morgan fingerprint density at radius 2 is 1.87 bits per heavy atom. The van der Waals surface area contributed by atoms with E-state index in [0.717, 1.165) is 46.8 Å². The second kappa shape index (κ2) is 7.44. The van der Waals surface area contributed by atoms with Gasteiger partial charge in [0.05, 0.1) is 23.0 Å². The Hall–Kier alpha value is -3.85. The maximum absolute atomic E-state index is 12.7. The summed E-state index contributed by atoms with van der Waals surface area (Å²) in [7, 11) is 1.84. The van der Waals surface area contributed by atoms with Gasteiger partial charge in [-0.15, -0.1) is 0 Å². The fourth-order valence-corrected chi connectivity index (χ4v) is 4.28. The van der Waals surface area contributed by atoms with Crippen LogP contribution in [0, 0.1) is 11.3 Å². The number of nitrogens with zero attached hydrogens (tertiary/aromatic N) is 4. The molecule has 0 radical (unpaired) electrons. The Balaban J connectivity index is 1.46. The monoisotopic (exact) mass is 409 g/mol. The molecule has 1 amide bonds. The highest BCUT2D eigenvalue weighted by Crippen LogP contribution is 2.43. The van der Waals surface area contributed by atoms with Crippen molar-refractivity contribution < 1.29 is 4.79 Å². The van der Waals surface area contributed by atoms with E-state index in [9.17, 15) is 10.1 Å². The molecular formula is C25H23N5O. The number of anilines is 4. The van der Waals surface area contributed by atoms with Gasteiger partial charge >= 0.3 is 0 Å². The molecule has 0 saturated heterocycles. The molecule has 3 aromatic rings. The molecule has 1 N–H and O–H groups in total. The van der Waals surface area contributed by atoms with E-state index in [4.69, 9.17) is 0 Å². The van der Waals surface area contributed by atoms with Crippen LogP contribution >= 0.6 is 0 Å². The van der Waals surface area contributed by atoms with E-state index in [1.54, 1.807) is 17.2 Å². The molecule has 1 aromatic heterocycles. The van der Waals surface area contributed by atoms with E-state index in [-0.39, 0.29) is 11.9 Å². The van der Waals surface area contributed by atoms with Crippen LogP contribution in [-0.2, 0) is 4.79 Å². The van der Waals surface area contributed by atoms with Gasteiger partial charge in [-0.25, -0.2) is 4.98 Å². The summed E-state index contributed by atoms with van der Waals surface area (Å²) in [5.74, 6) is 0.861. The second-order valence-electron chi connectivity index (χ2n) is 8.16. The Bertz CT molecular complexity index is 1210. The van der Waals surface area contributed by atoms with Crippen molar-refractivity contribution in [2.24, 2.45) is 0 Å². The van der Waals surface area contributed by atoms with Crippen LogP contribution in [0.1, 0.15) is 25.3 Å². The molecular weight excluding hydrogens is 386 g/mol. The summed E-state index contributed by atoms with van der Waals surface area (Å²) < 4.78 is 0. The van der Waals surface area contributed by atoms with E-state index in [1.807, 2.05) is 56.4 Å². The van der Waals surface area contributed by atoms with Crippen molar-refractivity contribution >= 4 is 28.8 Å². The molecule has 2 aromatic carbocycles. The maximum atomic E-state index is 12.7. The zero-order valence-corrected chi connectivity index (χ0v) is 17.5. The number of benzene rings is 2. The highest BCUT2D eigenvalue weighted by Gasteiger charge is 2.41. The number of aromatic nitrogens is 1. The van der Waals surface area contributed by atoms with Gasteiger partial charge in [-0.2, -0.15) is 5.26 Å². The van der Waals surface area contributed by atoms with Crippen LogP contribution in [-0.4, -0.2) is 30.0 Å². The standard InChI is InChI=1S/C25H23N5O/c1-16-25(31)29(2)22-9-6-20(14-23(22)30(16)21-7-8-21)28-24-13-19(10-11-27-24)18-5-3-4-17(12-18)15-26/h3-6,9-14,16,21H,7-8H2,1-2H3,(H,27,28). The second-order valence-corrected chi connectivity index (χ2v) is 8.16. The molecule has 1 saturated carbocycles. The highest BCUT2D eigenvalue weighted by molar-refractivity contribution is 6.05. The maximum Gasteiger partial charge on any atom is 0.249 e. The van der Waals surface area contributed by atoms with Crippen LogP contribution in [0.5, 0.6) is 0 Å². The number of nitriles is 1. The number of nitrogens with one attached hydrogen (secondary N) is 1. The predicted molar refractivity (Wildman–Crippen MR) is 122 cm³/mol. The molecule has 154 valence electrons. The van der Waals surface area contributed by atoms with Crippen molar-refractivity contribution in [1.29, 1.82) is 5.26 Å². The summed E-state index contributed by atoms with van der Waals surface area (Å²) in [5.41, 5.74) is 5.55. The lowest BCUT2D eigenvalue weighted by Crippen LogP contribution is -2.51. The lowest BCUT2D eigenvalue weighted by molar-refractivity contribution is -0.119. The smallest absolute Gasteiger partial charge is 0.249 e. The van der Waals surface area contributed by atoms with E-state index in [2.05, 4.69) is 27.3 Å². The fraction of sp³-hybridized carbons (Fsp3) is 0.240. The van der Waals surface area contributed by atoms with Gasteiger partial charge in [0, 0.05) is 25.0 Å². The summed E-state index contributed by atoms with van der Waals surface area (Å²) in [5, 5.41) is 12.6. The number of hydrogen-bond donors (Lipinski definition) is 1. The van der Waals surface area contributed by atoms with E-state index < -0.39 is 0 Å². The molecule has 5 rings (SSSR count). The third kappa shape index (κ3) is 3.49. The van der Waals surface area contributed by atoms with Crippen LogP contribution in [0.15, 0.2) is 60.8 Å². The first-order valence-electron chi connectivity index (χ1n) is 10.5. The Kier molecular flexibility index (Phi) is 4.59. The molecule has 1 atom stereocenters. The Morgan fingerprint density at radius 1 is 1.06 bits per heavy atom. The van der Waals surface area contributed by atoms with Crippen molar-refractivity contribution in [3.05, 3.63) is 66.4 Å². The quantitative estimate of drug-likeness (QED) is 0.676. The molecule has 1 fully saturated rings. The Labute approximate surface area is 181 Å². The topological polar surface area (TPSA) is 72.3 Å². The minimum atomic E-state index is -0.158. The summed E-state index contributed by atoms with van der Waals surface area (Å²) >= 11 is 0. The number of fused-ring (bicyclic) bond motifs is 1. The van der Waals surface area contributed by atoms with Crippen LogP contribution in [0.25, 0.3) is 11.1 Å². The van der Waals surface area contributed by atoms with Gasteiger partial charge < -0.3 is 15.1 Å². The number of carbonyl (C=O) groups is 1. The predicted octanol–water partition coefficient (Wildman–Crippen LogP) is 4.70. The molecule has 1 aliphatic carbocycles. The molecule has 0 spiro atoms. The van der Waals surface area contributed by atoms with E-state index in [1.165, 1.54) is 0 Å². The third-order valence-corrected chi connectivity index (χ3v) is 6.02. The van der Waals surface area contributed by atoms with Crippen molar-refractivity contribution in [2.45, 2.75) is 31.8 Å². The van der Waals surface area contributed by atoms with Gasteiger partial charge in [0.2, 0.25) is 5.91 Å². The molecule has 0 bridgehead atoms. The molecule has 31 heavy (non-hydrogen) atoms. The summed E-state index contributed by atoms with van der Waals surface area (Å²) in [6, 6.07) is 20.0. The van der Waals surface area contributed by atoms with Gasteiger partial charge in [-0.05, 0) is 73.4 Å². The average molecular weight is 409 g/mol. The third-order valence-electron chi connectivity index (χ3n) is 6.02. The zero-order valence-electron chi connectivity index (χ0n) is 17.5. The van der Waals surface area contributed by atoms with Gasteiger partial charge in [-0.1, -0.05) is 12.1 Å². The first-order chi connectivity index (χ1) is 15.0. The molecule has 2 aliphatic rings. The van der Waals surface area contributed by atoms with Gasteiger partial charge in [0.1, 0.15) is 11.9 Å². The largest absolute Gasteiger partial charge is 0.355 e. The van der Waals surface area contributed by atoms with Crippen LogP contribution < -0.4 is 15.1 Å². The van der Waals surface area contributed by atoms with Crippen LogP contribution in [0.4, 0.5) is 22.9 Å². The number of hydrogen-bond acceptors (Lipinski definition) is 5. The zero-order chi connectivity index (χ0) is 21.5. The summed E-state index contributed by atoms with van der Waals surface area (Å²) in [6.45, 7) is 1.99. The lowest BCUT2D eigenvalue weighted by Gasteiger charge is -2.40. The van der Waals surface area contributed by atoms with Crippen molar-refractivity contribution in [2.75, 3.05) is 22.2 Å². The highest BCUT2D eigenvalue weighted by atomic mass is 16.2. The number of rotatable bonds is 4. The van der Waals surface area contributed by atoms with E-state index >= 15 is 0 Å². The van der Waals surface area contributed by atoms with Crippen molar-refractivity contribution in [1.82, 2.24) is 4.98 Å². The molecule has 1 aliphatic heterocycles. The van der Waals surface area contributed by atoms with Crippen molar-refractivity contribution in [3.63, 3.8) is 0 Å². The average Bonchev–Trinajstić information content (AvgIpc) is 3.63. The minimum absolute atomic E-state index is 0.133. The molecule has 6 nitrogen and oxygen atoms in total. The van der Waals surface area contributed by atoms with Crippen molar-refractivity contribution in [3.8, 4) is 17.2 Å². The number of pyridine rings is 1. The van der Waals surface area contributed by atoms with Gasteiger partial charge in [0.15, 0.2) is 0 Å². The fourth-order valence-electron chi connectivity index (χ4n) is 4.28. The number of likely N-dealkylation sites (N-methyl/N-ethyl adjacent to an activating group) is 1. The number of carbonyl (C=O) groups excluding carboxylic acids is 1. The van der Waals surface area contributed by atoms with Gasteiger partial charge in [-0.3, -0.25) is 4.79 Å². The summed E-state index contributed by atoms with van der Waals surface area (Å²) in [4.78, 5) is 21.1. The molecule has 1 unspecified atom stereocenters.